The number of furan rings is 1. The van der Waals surface area contributed by atoms with Gasteiger partial charge in [-0.1, -0.05) is 0 Å². The fraction of sp³-hybridized carbons (Fsp3) is 0.238. The van der Waals surface area contributed by atoms with E-state index in [9.17, 15) is 0 Å². The first kappa shape index (κ1) is 18.3. The smallest absolute Gasteiger partial charge is 0.162 e. The molecule has 0 spiro atoms. The van der Waals surface area contributed by atoms with E-state index in [4.69, 9.17) is 13.9 Å². The van der Waals surface area contributed by atoms with Crippen LogP contribution in [0.15, 0.2) is 47.3 Å². The number of nitrogens with one attached hydrogen (secondary N) is 1. The average Bonchev–Trinajstić information content (AvgIpc) is 3.38. The minimum Gasteiger partial charge on any atom is -0.493 e. The number of aromatic nitrogens is 2. The standard InChI is InChI=1S/C21H21N3O3S/c1-12(19-5-6-20(28-19)14-7-8-27-11-14)22-21-15-9-17(25-3)18(26-4)10-16(15)23-13(2)24-21/h5-12H,1-4H3,(H,22,23,24)/t12-/m0/s1. The lowest BCUT2D eigenvalue weighted by Gasteiger charge is -2.16. The van der Waals surface area contributed by atoms with E-state index in [2.05, 4.69) is 34.3 Å². The summed E-state index contributed by atoms with van der Waals surface area (Å²) in [6.45, 7) is 4.00. The second kappa shape index (κ2) is 7.52. The van der Waals surface area contributed by atoms with Crippen LogP contribution in [-0.2, 0) is 0 Å². The Hall–Kier alpha value is -3.06. The Bertz CT molecular complexity index is 1110. The number of fused-ring (bicyclic) bond motifs is 1. The fourth-order valence-electron chi connectivity index (χ4n) is 3.10. The van der Waals surface area contributed by atoms with Crippen LogP contribution in [-0.4, -0.2) is 24.2 Å². The van der Waals surface area contributed by atoms with Gasteiger partial charge in [-0.25, -0.2) is 9.97 Å². The Morgan fingerprint density at radius 1 is 1.07 bits per heavy atom. The summed E-state index contributed by atoms with van der Waals surface area (Å²) in [7, 11) is 3.24. The number of hydrogen-bond donors (Lipinski definition) is 1. The number of thiophene rings is 1. The summed E-state index contributed by atoms with van der Waals surface area (Å²) in [6, 6.07) is 10.1. The van der Waals surface area contributed by atoms with Crippen molar-refractivity contribution in [1.82, 2.24) is 9.97 Å². The molecule has 0 saturated heterocycles. The van der Waals surface area contributed by atoms with Gasteiger partial charge in [0.25, 0.3) is 0 Å². The summed E-state index contributed by atoms with van der Waals surface area (Å²) in [5.74, 6) is 2.76. The quantitative estimate of drug-likeness (QED) is 0.468. The molecule has 0 fully saturated rings. The monoisotopic (exact) mass is 395 g/mol. The van der Waals surface area contributed by atoms with Crippen molar-refractivity contribution in [1.29, 1.82) is 0 Å². The second-order valence-corrected chi connectivity index (χ2v) is 7.54. The van der Waals surface area contributed by atoms with Crippen LogP contribution >= 0.6 is 11.3 Å². The summed E-state index contributed by atoms with van der Waals surface area (Å²) >= 11 is 1.73. The van der Waals surface area contributed by atoms with Gasteiger partial charge in [-0.05, 0) is 38.1 Å². The van der Waals surface area contributed by atoms with Crippen molar-refractivity contribution < 1.29 is 13.9 Å². The predicted octanol–water partition coefficient (Wildman–Crippen LogP) is 5.45. The van der Waals surface area contributed by atoms with Crippen molar-refractivity contribution >= 4 is 28.1 Å². The SMILES string of the molecule is COc1cc2nc(C)nc(N[C@@H](C)c3ccc(-c4ccoc4)s3)c2cc1OC. The molecule has 1 N–H and O–H groups in total. The highest BCUT2D eigenvalue weighted by Crippen LogP contribution is 2.36. The zero-order chi connectivity index (χ0) is 19.7. The molecule has 0 aliphatic heterocycles. The van der Waals surface area contributed by atoms with Crippen LogP contribution in [0.1, 0.15) is 23.7 Å². The minimum absolute atomic E-state index is 0.0799. The van der Waals surface area contributed by atoms with E-state index in [1.807, 2.05) is 25.1 Å². The summed E-state index contributed by atoms with van der Waals surface area (Å²) in [6.07, 6.45) is 3.45. The topological polar surface area (TPSA) is 69.4 Å². The van der Waals surface area contributed by atoms with Crippen LogP contribution in [0.5, 0.6) is 11.5 Å². The molecule has 4 rings (SSSR count). The normalized spacial score (nSPS) is 12.1. The van der Waals surface area contributed by atoms with E-state index in [0.29, 0.717) is 17.3 Å². The second-order valence-electron chi connectivity index (χ2n) is 6.42. The molecule has 0 amide bonds. The van der Waals surface area contributed by atoms with Gasteiger partial charge in [-0.2, -0.15) is 0 Å². The van der Waals surface area contributed by atoms with Crippen molar-refractivity contribution in [3.05, 3.63) is 53.6 Å². The molecule has 0 aliphatic carbocycles. The maximum Gasteiger partial charge on any atom is 0.162 e. The maximum absolute atomic E-state index is 5.45. The van der Waals surface area contributed by atoms with Gasteiger partial charge in [0.15, 0.2) is 11.5 Å². The van der Waals surface area contributed by atoms with Crippen LogP contribution in [0.25, 0.3) is 21.3 Å². The molecule has 7 heteroatoms. The van der Waals surface area contributed by atoms with E-state index in [1.54, 1.807) is 38.1 Å². The highest BCUT2D eigenvalue weighted by atomic mass is 32.1. The number of rotatable bonds is 6. The third-order valence-corrected chi connectivity index (χ3v) is 5.84. The van der Waals surface area contributed by atoms with Gasteiger partial charge >= 0.3 is 0 Å². The number of anilines is 1. The predicted molar refractivity (Wildman–Crippen MR) is 111 cm³/mol. The first-order chi connectivity index (χ1) is 13.6. The van der Waals surface area contributed by atoms with E-state index in [0.717, 1.165) is 22.3 Å². The summed E-state index contributed by atoms with van der Waals surface area (Å²) in [4.78, 5) is 11.6. The highest BCUT2D eigenvalue weighted by Gasteiger charge is 2.16. The number of ether oxygens (including phenoxy) is 2. The molecule has 144 valence electrons. The molecule has 0 saturated carbocycles. The molecule has 1 atom stereocenters. The highest BCUT2D eigenvalue weighted by molar-refractivity contribution is 7.15. The molecule has 3 heterocycles. The number of benzene rings is 1. The number of aryl methyl sites for hydroxylation is 1. The maximum atomic E-state index is 5.45. The molecule has 0 aliphatic rings. The summed E-state index contributed by atoms with van der Waals surface area (Å²) < 4.78 is 16.0. The lowest BCUT2D eigenvalue weighted by molar-refractivity contribution is 0.356. The van der Waals surface area contributed by atoms with Crippen LogP contribution < -0.4 is 14.8 Å². The van der Waals surface area contributed by atoms with Gasteiger partial charge in [0, 0.05) is 26.8 Å². The summed E-state index contributed by atoms with van der Waals surface area (Å²) in [5, 5.41) is 4.42. The minimum atomic E-state index is 0.0799. The molecular weight excluding hydrogens is 374 g/mol. The third kappa shape index (κ3) is 3.41. The van der Waals surface area contributed by atoms with Gasteiger partial charge in [0.05, 0.1) is 38.3 Å². The van der Waals surface area contributed by atoms with Gasteiger partial charge < -0.3 is 19.2 Å². The van der Waals surface area contributed by atoms with Crippen molar-refractivity contribution in [2.75, 3.05) is 19.5 Å². The number of methoxy groups -OCH3 is 2. The van der Waals surface area contributed by atoms with Crippen molar-refractivity contribution in [3.63, 3.8) is 0 Å². The average molecular weight is 395 g/mol. The Kier molecular flexibility index (Phi) is 4.92. The van der Waals surface area contributed by atoms with Crippen molar-refractivity contribution in [3.8, 4) is 21.9 Å². The van der Waals surface area contributed by atoms with E-state index < -0.39 is 0 Å². The molecule has 4 aromatic rings. The Morgan fingerprint density at radius 2 is 1.86 bits per heavy atom. The zero-order valence-electron chi connectivity index (χ0n) is 16.1. The van der Waals surface area contributed by atoms with Gasteiger partial charge in [0.1, 0.15) is 11.6 Å². The Morgan fingerprint density at radius 3 is 2.57 bits per heavy atom. The lowest BCUT2D eigenvalue weighted by Crippen LogP contribution is -2.08. The van der Waals surface area contributed by atoms with Crippen LogP contribution in [0.3, 0.4) is 0 Å². The largest absolute Gasteiger partial charge is 0.493 e. The van der Waals surface area contributed by atoms with Crippen molar-refractivity contribution in [2.24, 2.45) is 0 Å². The Balaban J connectivity index is 1.68. The zero-order valence-corrected chi connectivity index (χ0v) is 17.0. The van der Waals surface area contributed by atoms with Crippen molar-refractivity contribution in [2.45, 2.75) is 19.9 Å². The van der Waals surface area contributed by atoms with Crippen LogP contribution in [0.4, 0.5) is 5.82 Å². The van der Waals surface area contributed by atoms with Gasteiger partial charge in [0.2, 0.25) is 0 Å². The number of nitrogens with zero attached hydrogens (tertiary/aromatic N) is 2. The fourth-order valence-corrected chi connectivity index (χ4v) is 4.10. The van der Waals surface area contributed by atoms with E-state index >= 15 is 0 Å². The molecule has 0 bridgehead atoms. The molecule has 28 heavy (non-hydrogen) atoms. The molecule has 0 radical (unpaired) electrons. The Labute approximate surface area is 167 Å². The molecule has 3 aromatic heterocycles. The molecule has 0 unspecified atom stereocenters. The molecule has 6 nitrogen and oxygen atoms in total. The van der Waals surface area contributed by atoms with Gasteiger partial charge in [-0.15, -0.1) is 11.3 Å². The summed E-state index contributed by atoms with van der Waals surface area (Å²) in [5.41, 5.74) is 1.90. The molecule has 1 aromatic carbocycles. The first-order valence-corrected chi connectivity index (χ1v) is 9.70. The van der Waals surface area contributed by atoms with Crippen LogP contribution in [0, 0.1) is 6.92 Å². The van der Waals surface area contributed by atoms with Gasteiger partial charge in [-0.3, -0.25) is 0 Å². The van der Waals surface area contributed by atoms with E-state index in [-0.39, 0.29) is 6.04 Å². The first-order valence-electron chi connectivity index (χ1n) is 8.88. The van der Waals surface area contributed by atoms with Crippen LogP contribution in [0.2, 0.25) is 0 Å². The van der Waals surface area contributed by atoms with E-state index in [1.165, 1.54) is 9.75 Å². The third-order valence-electron chi connectivity index (χ3n) is 4.53. The lowest BCUT2D eigenvalue weighted by atomic mass is 10.2. The molecular formula is C21H21N3O3S. The number of hydrogen-bond acceptors (Lipinski definition) is 7.